The van der Waals surface area contributed by atoms with Crippen LogP contribution < -0.4 is 5.43 Å². The molecule has 2 aromatic rings. The van der Waals surface area contributed by atoms with Gasteiger partial charge in [0.25, 0.3) is 5.24 Å². The van der Waals surface area contributed by atoms with Gasteiger partial charge in [-0.3, -0.25) is 9.59 Å². The Morgan fingerprint density at radius 1 is 1.05 bits per heavy atom. The Bertz CT molecular complexity index is 696. The zero-order chi connectivity index (χ0) is 14.2. The van der Waals surface area contributed by atoms with E-state index in [-0.39, 0.29) is 11.0 Å². The fourth-order valence-electron chi connectivity index (χ4n) is 2.15. The molecule has 1 aromatic heterocycles. The van der Waals surface area contributed by atoms with Crippen LogP contribution in [0.5, 0.6) is 0 Å². The Kier molecular flexibility index (Phi) is 3.58. The molecule has 0 amide bonds. The molecular formula is C15H14ClNO2. The predicted molar refractivity (Wildman–Crippen MR) is 76.4 cm³/mol. The second-order valence-electron chi connectivity index (χ2n) is 4.68. The van der Waals surface area contributed by atoms with E-state index in [1.165, 1.54) is 12.3 Å². The van der Waals surface area contributed by atoms with Crippen LogP contribution in [0.1, 0.15) is 27.2 Å². The quantitative estimate of drug-likeness (QED) is 0.790. The highest BCUT2D eigenvalue weighted by Crippen LogP contribution is 2.16. The number of rotatable bonds is 2. The molecule has 3 nitrogen and oxygen atoms in total. The predicted octanol–water partition coefficient (Wildman–Crippen LogP) is 3.14. The van der Waals surface area contributed by atoms with Crippen LogP contribution in [-0.4, -0.2) is 9.81 Å². The first-order valence-corrected chi connectivity index (χ1v) is 6.28. The number of aromatic nitrogens is 1. The molecular weight excluding hydrogens is 262 g/mol. The summed E-state index contributed by atoms with van der Waals surface area (Å²) in [6, 6.07) is 7.47. The average molecular weight is 276 g/mol. The van der Waals surface area contributed by atoms with Crippen molar-refractivity contribution in [1.29, 1.82) is 0 Å². The SMILES string of the molecule is Cc1cc(C)cc(-n2cc(C(=O)Cl)c(=O)cc2C)c1. The first-order chi connectivity index (χ1) is 8.88. The molecule has 0 aliphatic heterocycles. The standard InChI is InChI=1S/C15H14ClNO2/c1-9-4-10(2)6-12(5-9)17-8-13(15(16)19)14(18)7-11(17)3/h4-8H,1-3H3. The van der Waals surface area contributed by atoms with E-state index in [2.05, 4.69) is 6.07 Å². The topological polar surface area (TPSA) is 39.1 Å². The molecule has 0 N–H and O–H groups in total. The molecule has 0 aliphatic rings. The van der Waals surface area contributed by atoms with Gasteiger partial charge in [-0.05, 0) is 55.6 Å². The normalized spacial score (nSPS) is 10.5. The molecule has 0 unspecified atom stereocenters. The average Bonchev–Trinajstić information content (AvgIpc) is 2.26. The number of hydrogen-bond donors (Lipinski definition) is 0. The molecule has 1 heterocycles. The fraction of sp³-hybridized carbons (Fsp3) is 0.200. The van der Waals surface area contributed by atoms with Gasteiger partial charge in [-0.2, -0.15) is 0 Å². The Labute approximate surface area is 116 Å². The third-order valence-electron chi connectivity index (χ3n) is 2.94. The minimum Gasteiger partial charge on any atom is -0.320 e. The van der Waals surface area contributed by atoms with Gasteiger partial charge in [0.15, 0.2) is 5.43 Å². The van der Waals surface area contributed by atoms with Gasteiger partial charge in [0.2, 0.25) is 0 Å². The van der Waals surface area contributed by atoms with E-state index in [0.29, 0.717) is 0 Å². The highest BCUT2D eigenvalue weighted by atomic mass is 35.5. The summed E-state index contributed by atoms with van der Waals surface area (Å²) in [4.78, 5) is 22.9. The maximum absolute atomic E-state index is 11.7. The molecule has 0 spiro atoms. The monoisotopic (exact) mass is 275 g/mol. The van der Waals surface area contributed by atoms with Crippen molar-refractivity contribution in [1.82, 2.24) is 4.57 Å². The lowest BCUT2D eigenvalue weighted by atomic mass is 10.1. The molecule has 2 rings (SSSR count). The zero-order valence-corrected chi connectivity index (χ0v) is 11.8. The van der Waals surface area contributed by atoms with Crippen molar-refractivity contribution in [3.8, 4) is 5.69 Å². The fourth-order valence-corrected chi connectivity index (χ4v) is 2.29. The van der Waals surface area contributed by atoms with E-state index in [9.17, 15) is 9.59 Å². The number of halogens is 1. The number of aryl methyl sites for hydroxylation is 3. The highest BCUT2D eigenvalue weighted by molar-refractivity contribution is 6.67. The Morgan fingerprint density at radius 2 is 1.63 bits per heavy atom. The Morgan fingerprint density at radius 3 is 2.16 bits per heavy atom. The summed E-state index contributed by atoms with van der Waals surface area (Å²) in [6.45, 7) is 5.82. The van der Waals surface area contributed by atoms with Gasteiger partial charge < -0.3 is 4.57 Å². The summed E-state index contributed by atoms with van der Waals surface area (Å²) >= 11 is 5.43. The number of pyridine rings is 1. The van der Waals surface area contributed by atoms with Crippen molar-refractivity contribution in [2.75, 3.05) is 0 Å². The second kappa shape index (κ2) is 5.02. The molecule has 1 aromatic carbocycles. The van der Waals surface area contributed by atoms with Gasteiger partial charge in [-0.15, -0.1) is 0 Å². The molecule has 98 valence electrons. The lowest BCUT2D eigenvalue weighted by molar-refractivity contribution is 0.108. The van der Waals surface area contributed by atoms with E-state index >= 15 is 0 Å². The van der Waals surface area contributed by atoms with Crippen LogP contribution in [0.2, 0.25) is 0 Å². The summed E-state index contributed by atoms with van der Waals surface area (Å²) in [5.41, 5.74) is 3.55. The number of benzene rings is 1. The molecule has 0 saturated heterocycles. The third kappa shape index (κ3) is 2.76. The van der Waals surface area contributed by atoms with Gasteiger partial charge in [-0.1, -0.05) is 6.07 Å². The molecule has 4 heteroatoms. The van der Waals surface area contributed by atoms with Crippen molar-refractivity contribution in [3.63, 3.8) is 0 Å². The van der Waals surface area contributed by atoms with E-state index in [4.69, 9.17) is 11.6 Å². The number of carbonyl (C=O) groups excluding carboxylic acids is 1. The summed E-state index contributed by atoms with van der Waals surface area (Å²) in [6.07, 6.45) is 1.50. The Balaban J connectivity index is 2.71. The molecule has 0 saturated carbocycles. The maximum Gasteiger partial charge on any atom is 0.257 e. The van der Waals surface area contributed by atoms with Crippen LogP contribution in [0.15, 0.2) is 35.3 Å². The number of nitrogens with zero attached hydrogens (tertiary/aromatic N) is 1. The summed E-state index contributed by atoms with van der Waals surface area (Å²) in [5, 5.41) is -0.733. The van der Waals surface area contributed by atoms with Gasteiger partial charge in [0, 0.05) is 23.6 Å². The lowest BCUT2D eigenvalue weighted by Crippen LogP contribution is -2.16. The van der Waals surface area contributed by atoms with E-state index in [0.717, 1.165) is 22.5 Å². The summed E-state index contributed by atoms with van der Waals surface area (Å²) in [7, 11) is 0. The number of carbonyl (C=O) groups is 1. The molecule has 0 fully saturated rings. The van der Waals surface area contributed by atoms with Gasteiger partial charge in [0.1, 0.15) is 0 Å². The first kappa shape index (κ1) is 13.6. The lowest BCUT2D eigenvalue weighted by Gasteiger charge is -2.13. The zero-order valence-electron chi connectivity index (χ0n) is 11.0. The molecule has 0 atom stereocenters. The highest BCUT2D eigenvalue weighted by Gasteiger charge is 2.11. The van der Waals surface area contributed by atoms with Gasteiger partial charge >= 0.3 is 0 Å². The molecule has 0 bridgehead atoms. The van der Waals surface area contributed by atoms with Crippen molar-refractivity contribution in [2.24, 2.45) is 0 Å². The smallest absolute Gasteiger partial charge is 0.257 e. The van der Waals surface area contributed by atoms with Crippen molar-refractivity contribution < 1.29 is 4.79 Å². The van der Waals surface area contributed by atoms with E-state index in [1.807, 2.05) is 32.9 Å². The van der Waals surface area contributed by atoms with Crippen molar-refractivity contribution in [2.45, 2.75) is 20.8 Å². The third-order valence-corrected chi connectivity index (χ3v) is 3.14. The van der Waals surface area contributed by atoms with Crippen LogP contribution in [0, 0.1) is 20.8 Å². The van der Waals surface area contributed by atoms with Crippen LogP contribution >= 0.6 is 11.6 Å². The van der Waals surface area contributed by atoms with Crippen molar-refractivity contribution >= 4 is 16.8 Å². The van der Waals surface area contributed by atoms with Crippen molar-refractivity contribution in [3.05, 3.63) is 63.1 Å². The minimum absolute atomic E-state index is 0.00794. The van der Waals surface area contributed by atoms with E-state index in [1.54, 1.807) is 4.57 Å². The molecule has 0 aliphatic carbocycles. The Hall–Kier alpha value is -1.87. The van der Waals surface area contributed by atoms with E-state index < -0.39 is 5.24 Å². The first-order valence-electron chi connectivity index (χ1n) is 5.90. The van der Waals surface area contributed by atoms with Crippen LogP contribution in [-0.2, 0) is 0 Å². The molecule has 0 radical (unpaired) electrons. The van der Waals surface area contributed by atoms with Crippen LogP contribution in [0.3, 0.4) is 0 Å². The number of hydrogen-bond acceptors (Lipinski definition) is 2. The van der Waals surface area contributed by atoms with Gasteiger partial charge in [0.05, 0.1) is 5.56 Å². The van der Waals surface area contributed by atoms with Gasteiger partial charge in [-0.25, -0.2) is 0 Å². The molecule has 19 heavy (non-hydrogen) atoms. The summed E-state index contributed by atoms with van der Waals surface area (Å²) in [5.74, 6) is 0. The van der Waals surface area contributed by atoms with Crippen LogP contribution in [0.4, 0.5) is 0 Å². The maximum atomic E-state index is 11.7. The minimum atomic E-state index is -0.733. The van der Waals surface area contributed by atoms with Crippen LogP contribution in [0.25, 0.3) is 5.69 Å². The summed E-state index contributed by atoms with van der Waals surface area (Å²) < 4.78 is 1.80. The largest absolute Gasteiger partial charge is 0.320 e. The second-order valence-corrected chi connectivity index (χ2v) is 5.03.